The van der Waals surface area contributed by atoms with Crippen LogP contribution in [-0.4, -0.2) is 44.5 Å². The van der Waals surface area contributed by atoms with Crippen LogP contribution in [-0.2, 0) is 4.79 Å². The highest BCUT2D eigenvalue weighted by Crippen LogP contribution is 2.13. The number of rotatable bonds is 2. The van der Waals surface area contributed by atoms with Gasteiger partial charge in [-0.15, -0.1) is 0 Å². The number of carboxylic acids is 1. The topological polar surface area (TPSA) is 43.5 Å². The molecular weight excluding hydrogens is 196 g/mol. The van der Waals surface area contributed by atoms with Crippen molar-refractivity contribution >= 4 is 36.6 Å². The van der Waals surface area contributed by atoms with E-state index < -0.39 is 5.97 Å². The van der Waals surface area contributed by atoms with Crippen LogP contribution in [0.2, 0.25) is 0 Å². The van der Waals surface area contributed by atoms with E-state index in [1.807, 2.05) is 6.26 Å². The lowest BCUT2D eigenvalue weighted by Gasteiger charge is -2.18. The summed E-state index contributed by atoms with van der Waals surface area (Å²) in [5.74, 6) is -0.656. The Balaban J connectivity index is 2.91. The van der Waals surface area contributed by atoms with Crippen molar-refractivity contribution in [3.05, 3.63) is 0 Å². The minimum Gasteiger partial charge on any atom is -0.472 e. The standard InChI is InChI=1S/C6H10N2O2S2/c1-12-8-4-2-3-7(11)5(8)6(9)10/h2-4H2,1H3,(H-,9,10,11)/p+1. The molecule has 1 rings (SSSR count). The van der Waals surface area contributed by atoms with Gasteiger partial charge in [0.1, 0.15) is 13.1 Å². The van der Waals surface area contributed by atoms with Gasteiger partial charge in [-0.3, -0.25) is 0 Å². The first-order chi connectivity index (χ1) is 5.66. The molecule has 1 N–H and O–H groups in total. The van der Waals surface area contributed by atoms with Gasteiger partial charge in [0, 0.05) is 25.5 Å². The number of nitrogens with zero attached hydrogens (tertiary/aromatic N) is 2. The molecule has 12 heavy (non-hydrogen) atoms. The van der Waals surface area contributed by atoms with Gasteiger partial charge in [0.05, 0.1) is 11.9 Å². The van der Waals surface area contributed by atoms with Gasteiger partial charge in [-0.05, 0) is 0 Å². The lowest BCUT2D eigenvalue weighted by atomic mass is 10.3. The van der Waals surface area contributed by atoms with E-state index in [4.69, 9.17) is 5.11 Å². The third-order valence-electron chi connectivity index (χ3n) is 1.62. The summed E-state index contributed by atoms with van der Waals surface area (Å²) in [5.41, 5.74) is 0. The Hall–Kier alpha value is -0.360. The molecule has 4 nitrogen and oxygen atoms in total. The molecule has 0 saturated heterocycles. The van der Waals surface area contributed by atoms with Crippen molar-refractivity contribution in [3.63, 3.8) is 0 Å². The summed E-state index contributed by atoms with van der Waals surface area (Å²) in [5, 5.41) is 8.83. The van der Waals surface area contributed by atoms with Crippen molar-refractivity contribution in [2.75, 3.05) is 19.3 Å². The quantitative estimate of drug-likeness (QED) is 0.388. The molecule has 0 atom stereocenters. The van der Waals surface area contributed by atoms with E-state index in [0.717, 1.165) is 13.0 Å². The molecule has 1 aliphatic heterocycles. The first-order valence-corrected chi connectivity index (χ1v) is 5.13. The van der Waals surface area contributed by atoms with Gasteiger partial charge in [0.15, 0.2) is 0 Å². The van der Waals surface area contributed by atoms with E-state index >= 15 is 0 Å². The van der Waals surface area contributed by atoms with E-state index in [2.05, 4.69) is 12.8 Å². The summed E-state index contributed by atoms with van der Waals surface area (Å²) < 4.78 is 3.21. The maximum atomic E-state index is 10.8. The molecule has 0 aliphatic carbocycles. The van der Waals surface area contributed by atoms with Crippen molar-refractivity contribution in [1.82, 2.24) is 4.31 Å². The summed E-state index contributed by atoms with van der Waals surface area (Å²) in [6.07, 6.45) is 2.80. The van der Waals surface area contributed by atoms with E-state index in [1.165, 1.54) is 15.9 Å². The van der Waals surface area contributed by atoms with Crippen LogP contribution in [0, 0.1) is 0 Å². The maximum Gasteiger partial charge on any atom is 0.420 e. The van der Waals surface area contributed by atoms with E-state index in [-0.39, 0.29) is 5.84 Å². The van der Waals surface area contributed by atoms with Crippen molar-refractivity contribution in [1.29, 1.82) is 0 Å². The van der Waals surface area contributed by atoms with Crippen LogP contribution in [0.4, 0.5) is 0 Å². The van der Waals surface area contributed by atoms with Gasteiger partial charge in [0.2, 0.25) is 0 Å². The molecule has 0 fully saturated rings. The number of hydrogen-bond donors (Lipinski definition) is 2. The van der Waals surface area contributed by atoms with Crippen molar-refractivity contribution in [2.45, 2.75) is 6.42 Å². The highest BCUT2D eigenvalue weighted by Gasteiger charge is 2.32. The zero-order chi connectivity index (χ0) is 9.14. The Morgan fingerprint density at radius 3 is 2.92 bits per heavy atom. The normalized spacial score (nSPS) is 18.3. The molecule has 0 amide bonds. The molecular formula is C6H11N2O2S2+. The van der Waals surface area contributed by atoms with Gasteiger partial charge < -0.3 is 5.11 Å². The second-order valence-corrected chi connectivity index (χ2v) is 3.68. The van der Waals surface area contributed by atoms with Crippen LogP contribution >= 0.6 is 24.8 Å². The summed E-state index contributed by atoms with van der Waals surface area (Å²) >= 11 is 5.48. The Morgan fingerprint density at radius 2 is 2.50 bits per heavy atom. The first kappa shape index (κ1) is 9.73. The Kier molecular flexibility index (Phi) is 3.28. The van der Waals surface area contributed by atoms with Crippen molar-refractivity contribution in [2.24, 2.45) is 0 Å². The SMILES string of the molecule is CSN1CCC[N+](S)=C1C(=O)O. The van der Waals surface area contributed by atoms with Gasteiger partial charge in [-0.2, -0.15) is 8.29 Å². The van der Waals surface area contributed by atoms with Gasteiger partial charge in [-0.25, -0.2) is 4.79 Å². The fraction of sp³-hybridized carbons (Fsp3) is 0.667. The molecule has 0 aromatic carbocycles. The number of amidine groups is 1. The molecule has 0 radical (unpaired) electrons. The molecule has 0 aromatic rings. The summed E-state index contributed by atoms with van der Waals surface area (Å²) in [6, 6.07) is 0. The zero-order valence-corrected chi connectivity index (χ0v) is 8.44. The van der Waals surface area contributed by atoms with Crippen molar-refractivity contribution < 1.29 is 13.9 Å². The molecule has 0 saturated carbocycles. The first-order valence-electron chi connectivity index (χ1n) is 3.55. The number of thiol groups is 1. The molecule has 68 valence electrons. The predicted molar refractivity (Wildman–Crippen MR) is 51.6 cm³/mol. The van der Waals surface area contributed by atoms with Crippen LogP contribution < -0.4 is 0 Å². The van der Waals surface area contributed by atoms with Crippen LogP contribution in [0.3, 0.4) is 0 Å². The fourth-order valence-corrected chi connectivity index (χ4v) is 2.16. The molecule has 0 spiro atoms. The zero-order valence-electron chi connectivity index (χ0n) is 6.73. The van der Waals surface area contributed by atoms with Gasteiger partial charge in [0.25, 0.3) is 0 Å². The van der Waals surface area contributed by atoms with Crippen LogP contribution in [0.1, 0.15) is 6.42 Å². The molecule has 0 aromatic heterocycles. The smallest absolute Gasteiger partial charge is 0.420 e. The molecule has 1 aliphatic rings. The van der Waals surface area contributed by atoms with Crippen LogP contribution in [0.25, 0.3) is 0 Å². The van der Waals surface area contributed by atoms with Crippen molar-refractivity contribution in [3.8, 4) is 0 Å². The Bertz CT molecular complexity index is 230. The lowest BCUT2D eigenvalue weighted by Crippen LogP contribution is -2.42. The third-order valence-corrected chi connectivity index (χ3v) is 2.81. The largest absolute Gasteiger partial charge is 0.472 e. The second-order valence-electron chi connectivity index (χ2n) is 2.39. The highest BCUT2D eigenvalue weighted by molar-refractivity contribution is 7.96. The molecule has 0 unspecified atom stereocenters. The summed E-state index contributed by atoms with van der Waals surface area (Å²) in [7, 11) is 0. The number of carboxylic acid groups (broad SMARTS) is 1. The van der Waals surface area contributed by atoms with Crippen LogP contribution in [0.15, 0.2) is 0 Å². The lowest BCUT2D eigenvalue weighted by molar-refractivity contribution is -0.356. The Morgan fingerprint density at radius 1 is 1.83 bits per heavy atom. The maximum absolute atomic E-state index is 10.8. The number of hydrogen-bond acceptors (Lipinski definition) is 4. The summed E-state index contributed by atoms with van der Waals surface area (Å²) in [6.45, 7) is 1.47. The monoisotopic (exact) mass is 207 g/mol. The second kappa shape index (κ2) is 4.04. The van der Waals surface area contributed by atoms with Gasteiger partial charge in [-0.1, -0.05) is 0 Å². The van der Waals surface area contributed by atoms with E-state index in [1.54, 1.807) is 4.31 Å². The molecule has 6 heteroatoms. The molecule has 1 heterocycles. The summed E-state index contributed by atoms with van der Waals surface area (Å²) in [4.78, 5) is 10.8. The minimum absolute atomic E-state index is 0.261. The average Bonchev–Trinajstić information content (AvgIpc) is 2.03. The van der Waals surface area contributed by atoms with Crippen LogP contribution in [0.5, 0.6) is 0 Å². The molecule has 0 bridgehead atoms. The van der Waals surface area contributed by atoms with Gasteiger partial charge >= 0.3 is 11.8 Å². The minimum atomic E-state index is -0.918. The van der Waals surface area contributed by atoms with E-state index in [0.29, 0.717) is 6.54 Å². The average molecular weight is 207 g/mol. The van der Waals surface area contributed by atoms with E-state index in [9.17, 15) is 4.79 Å². The fourth-order valence-electron chi connectivity index (χ4n) is 1.10. The number of carbonyl (C=O) groups is 1. The number of aliphatic carboxylic acids is 1. The third kappa shape index (κ3) is 1.87. The Labute approximate surface area is 80.9 Å². The highest BCUT2D eigenvalue weighted by atomic mass is 32.2. The predicted octanol–water partition coefficient (Wildman–Crippen LogP) is 0.310.